The number of carbonyl (C=O) groups is 3. The van der Waals surface area contributed by atoms with E-state index in [0.717, 1.165) is 16.9 Å². The number of ether oxygens (including phenoxy) is 2. The second-order valence-electron chi connectivity index (χ2n) is 8.97. The monoisotopic (exact) mass is 499 g/mol. The number of thiophene rings is 1. The second kappa shape index (κ2) is 11.2. The predicted octanol–water partition coefficient (Wildman–Crippen LogP) is 4.44. The van der Waals surface area contributed by atoms with Gasteiger partial charge in [-0.3, -0.25) is 4.79 Å². The fraction of sp³-hybridized carbons (Fsp3) is 0.400. The summed E-state index contributed by atoms with van der Waals surface area (Å²) in [4.78, 5) is 37.3. The molecule has 1 saturated heterocycles. The third-order valence-electron chi connectivity index (χ3n) is 5.84. The molecule has 10 heteroatoms. The van der Waals surface area contributed by atoms with Crippen molar-refractivity contribution < 1.29 is 33.2 Å². The van der Waals surface area contributed by atoms with Gasteiger partial charge in [-0.15, -0.1) is 11.3 Å². The molecular weight excluding hydrogens is 469 g/mol. The van der Waals surface area contributed by atoms with E-state index in [1.54, 1.807) is 25.1 Å². The van der Waals surface area contributed by atoms with Gasteiger partial charge in [0, 0.05) is 11.4 Å². The quantitative estimate of drug-likeness (QED) is 0.236. The minimum absolute atomic E-state index is 0.101. The molecule has 0 saturated carbocycles. The summed E-state index contributed by atoms with van der Waals surface area (Å²) < 4.78 is 22.4. The number of hydrogen-bond acceptors (Lipinski definition) is 8. The molecular formula is C25H30BNO7S. The number of Topliss-reactive ketones (excluding diaryl/α,β-unsaturated/α-hetero) is 1. The van der Waals surface area contributed by atoms with Gasteiger partial charge < -0.3 is 24.1 Å². The van der Waals surface area contributed by atoms with Gasteiger partial charge in [-0.05, 0) is 63.9 Å². The number of hydrogen-bond donors (Lipinski definition) is 1. The highest BCUT2D eigenvalue weighted by molar-refractivity contribution is 7.15. The third kappa shape index (κ3) is 6.81. The van der Waals surface area contributed by atoms with Crippen LogP contribution >= 0.6 is 11.3 Å². The van der Waals surface area contributed by atoms with Crippen molar-refractivity contribution >= 4 is 42.4 Å². The molecule has 0 unspecified atom stereocenters. The number of amides is 1. The van der Waals surface area contributed by atoms with Crippen molar-refractivity contribution in [2.24, 2.45) is 0 Å². The second-order valence-corrected chi connectivity index (χ2v) is 10.1. The molecule has 186 valence electrons. The first kappa shape index (κ1) is 26.7. The molecule has 2 heterocycles. The first-order chi connectivity index (χ1) is 16.5. The molecule has 0 spiro atoms. The Morgan fingerprint density at radius 1 is 1.00 bits per heavy atom. The molecule has 0 atom stereocenters. The van der Waals surface area contributed by atoms with E-state index in [1.165, 1.54) is 0 Å². The first-order valence-corrected chi connectivity index (χ1v) is 12.2. The van der Waals surface area contributed by atoms with Gasteiger partial charge >= 0.3 is 19.2 Å². The Balaban J connectivity index is 1.75. The van der Waals surface area contributed by atoms with Crippen molar-refractivity contribution in [1.29, 1.82) is 0 Å². The molecule has 1 aromatic carbocycles. The zero-order valence-corrected chi connectivity index (χ0v) is 21.4. The highest BCUT2D eigenvalue weighted by Crippen LogP contribution is 2.39. The van der Waals surface area contributed by atoms with Crippen molar-refractivity contribution in [3.05, 3.63) is 63.3 Å². The standard InChI is InChI=1S/C25H30BNO7S/c1-6-31-22(29)21(28)20-13-12-19(35-20)14-18(26-33-24(2,3)25(4,5)34-26)15-27-23(30)32-16-17-10-8-7-9-11-17/h7-14H,6,15-16H2,1-5H3,(H,27,30). The smallest absolute Gasteiger partial charge is 0.460 e. The number of alkyl carbamates (subject to hydrolysis) is 1. The van der Waals surface area contributed by atoms with E-state index in [9.17, 15) is 14.4 Å². The van der Waals surface area contributed by atoms with Gasteiger partial charge in [0.2, 0.25) is 0 Å². The van der Waals surface area contributed by atoms with Gasteiger partial charge in [0.05, 0.1) is 22.7 Å². The van der Waals surface area contributed by atoms with Crippen molar-refractivity contribution in [3.8, 4) is 0 Å². The highest BCUT2D eigenvalue weighted by Gasteiger charge is 2.52. The number of carbonyl (C=O) groups excluding carboxylic acids is 3. The largest absolute Gasteiger partial charge is 0.492 e. The van der Waals surface area contributed by atoms with Crippen LogP contribution < -0.4 is 5.32 Å². The van der Waals surface area contributed by atoms with Gasteiger partial charge in [-0.1, -0.05) is 30.3 Å². The summed E-state index contributed by atoms with van der Waals surface area (Å²) in [5.41, 5.74) is 0.356. The zero-order chi connectivity index (χ0) is 25.6. The van der Waals surface area contributed by atoms with E-state index in [1.807, 2.05) is 58.0 Å². The Labute approximate surface area is 209 Å². The van der Waals surface area contributed by atoms with E-state index in [0.29, 0.717) is 10.3 Å². The Morgan fingerprint density at radius 2 is 1.66 bits per heavy atom. The highest BCUT2D eigenvalue weighted by atomic mass is 32.1. The lowest BCUT2D eigenvalue weighted by Gasteiger charge is -2.32. The Morgan fingerprint density at radius 3 is 2.29 bits per heavy atom. The Bertz CT molecular complexity index is 1080. The summed E-state index contributed by atoms with van der Waals surface area (Å²) in [6, 6.07) is 12.7. The Kier molecular flexibility index (Phi) is 8.53. The van der Waals surface area contributed by atoms with Crippen LogP contribution in [0.3, 0.4) is 0 Å². The van der Waals surface area contributed by atoms with Crippen LogP contribution in [-0.4, -0.2) is 49.3 Å². The van der Waals surface area contributed by atoms with Gasteiger partial charge in [0.25, 0.3) is 5.78 Å². The molecule has 1 aliphatic rings. The predicted molar refractivity (Wildman–Crippen MR) is 134 cm³/mol. The van der Waals surface area contributed by atoms with Crippen LogP contribution in [0.2, 0.25) is 0 Å². The van der Waals surface area contributed by atoms with Crippen LogP contribution in [0.4, 0.5) is 4.79 Å². The van der Waals surface area contributed by atoms with Crippen molar-refractivity contribution in [3.63, 3.8) is 0 Å². The summed E-state index contributed by atoms with van der Waals surface area (Å²) in [6.45, 7) is 9.76. The maximum atomic E-state index is 12.3. The van der Waals surface area contributed by atoms with Gasteiger partial charge in [-0.25, -0.2) is 9.59 Å². The number of esters is 1. The average molecular weight is 499 g/mol. The zero-order valence-electron chi connectivity index (χ0n) is 20.6. The molecule has 35 heavy (non-hydrogen) atoms. The van der Waals surface area contributed by atoms with E-state index < -0.39 is 36.2 Å². The topological polar surface area (TPSA) is 100 Å². The van der Waals surface area contributed by atoms with Crippen LogP contribution in [0, 0.1) is 0 Å². The fourth-order valence-electron chi connectivity index (χ4n) is 3.18. The first-order valence-electron chi connectivity index (χ1n) is 11.3. The van der Waals surface area contributed by atoms with Crippen LogP contribution in [-0.2, 0) is 30.2 Å². The van der Waals surface area contributed by atoms with E-state index in [-0.39, 0.29) is 24.6 Å². The average Bonchev–Trinajstić information content (AvgIpc) is 3.36. The molecule has 3 rings (SSSR count). The molecule has 1 aromatic heterocycles. The van der Waals surface area contributed by atoms with E-state index in [4.69, 9.17) is 18.8 Å². The van der Waals surface area contributed by atoms with Crippen molar-refractivity contribution in [1.82, 2.24) is 5.32 Å². The number of rotatable bonds is 9. The van der Waals surface area contributed by atoms with Crippen LogP contribution in [0.5, 0.6) is 0 Å². The SMILES string of the molecule is CCOC(=O)C(=O)c1ccc(C=C(CNC(=O)OCc2ccccc2)B2OC(C)(C)C(C)(C)O2)s1. The lowest BCUT2D eigenvalue weighted by Crippen LogP contribution is -2.41. The third-order valence-corrected chi connectivity index (χ3v) is 6.88. The van der Waals surface area contributed by atoms with Crippen LogP contribution in [0.1, 0.15) is 54.7 Å². The van der Waals surface area contributed by atoms with Crippen LogP contribution in [0.15, 0.2) is 47.9 Å². The van der Waals surface area contributed by atoms with Crippen molar-refractivity contribution in [2.45, 2.75) is 52.4 Å². The molecule has 1 aliphatic heterocycles. The summed E-state index contributed by atoms with van der Waals surface area (Å²) in [5.74, 6) is -1.59. The minimum atomic E-state index is -0.890. The van der Waals surface area contributed by atoms with Crippen molar-refractivity contribution in [2.75, 3.05) is 13.2 Å². The summed E-state index contributed by atoms with van der Waals surface area (Å²) in [6.07, 6.45) is 1.20. The lowest BCUT2D eigenvalue weighted by atomic mass is 9.77. The van der Waals surface area contributed by atoms with E-state index in [2.05, 4.69) is 5.32 Å². The summed E-state index contributed by atoms with van der Waals surface area (Å²) in [7, 11) is -0.722. The molecule has 1 fully saturated rings. The molecule has 1 amide bonds. The molecule has 2 aromatic rings. The fourth-order valence-corrected chi connectivity index (χ4v) is 4.09. The Hall–Kier alpha value is -2.95. The number of ketones is 1. The maximum absolute atomic E-state index is 12.3. The van der Waals surface area contributed by atoms with Gasteiger partial charge in [0.15, 0.2) is 0 Å². The summed E-state index contributed by atoms with van der Waals surface area (Å²) in [5, 5.41) is 2.74. The van der Waals surface area contributed by atoms with E-state index >= 15 is 0 Å². The molecule has 8 nitrogen and oxygen atoms in total. The number of nitrogens with one attached hydrogen (secondary N) is 1. The van der Waals surface area contributed by atoms with Crippen LogP contribution in [0.25, 0.3) is 6.08 Å². The maximum Gasteiger partial charge on any atom is 0.492 e. The minimum Gasteiger partial charge on any atom is -0.460 e. The summed E-state index contributed by atoms with van der Waals surface area (Å²) >= 11 is 1.14. The van der Waals surface area contributed by atoms with Gasteiger partial charge in [0.1, 0.15) is 6.61 Å². The molecule has 0 radical (unpaired) electrons. The molecule has 1 N–H and O–H groups in total. The van der Waals surface area contributed by atoms with Gasteiger partial charge in [-0.2, -0.15) is 0 Å². The number of benzene rings is 1. The molecule has 0 aliphatic carbocycles. The molecule has 0 bridgehead atoms. The lowest BCUT2D eigenvalue weighted by molar-refractivity contribution is -0.137. The normalized spacial score (nSPS) is 16.6.